The molecule has 0 aromatic heterocycles. The molecule has 0 unspecified atom stereocenters. The second-order valence-electron chi connectivity index (χ2n) is 5.17. The van der Waals surface area contributed by atoms with Gasteiger partial charge in [0.15, 0.2) is 0 Å². The molecular weight excluding hydrogens is 254 g/mol. The lowest BCUT2D eigenvalue weighted by Crippen LogP contribution is -2.33. The van der Waals surface area contributed by atoms with Gasteiger partial charge in [0.2, 0.25) is 0 Å². The van der Waals surface area contributed by atoms with E-state index in [-0.39, 0.29) is 0 Å². The molecule has 2 heteroatoms. The Bertz CT molecular complexity index is 521. The fourth-order valence-corrected chi connectivity index (χ4v) is 3.14. The van der Waals surface area contributed by atoms with E-state index >= 15 is 0 Å². The summed E-state index contributed by atoms with van der Waals surface area (Å²) in [4.78, 5) is 0. The normalized spacial score (nSPS) is 23.2. The second kappa shape index (κ2) is 5.77. The van der Waals surface area contributed by atoms with Crippen LogP contribution in [0.15, 0.2) is 54.6 Å². The third-order valence-corrected chi connectivity index (χ3v) is 4.26. The molecule has 0 saturated carbocycles. The van der Waals surface area contributed by atoms with Crippen LogP contribution in [-0.4, -0.2) is 13.1 Å². The van der Waals surface area contributed by atoms with Gasteiger partial charge in [-0.05, 0) is 42.1 Å². The zero-order valence-electron chi connectivity index (χ0n) is 10.9. The molecule has 1 heterocycles. The molecule has 0 spiro atoms. The Kier molecular flexibility index (Phi) is 3.86. The molecule has 0 amide bonds. The molecule has 3 rings (SSSR count). The maximum absolute atomic E-state index is 5.99. The van der Waals surface area contributed by atoms with Crippen LogP contribution in [0.4, 0.5) is 0 Å². The SMILES string of the molecule is Clc1ccc([C@H]2CNCC[C@@H]2c2ccccc2)cc1. The summed E-state index contributed by atoms with van der Waals surface area (Å²) in [6.07, 6.45) is 1.19. The molecule has 1 aliphatic heterocycles. The van der Waals surface area contributed by atoms with Crippen molar-refractivity contribution in [2.24, 2.45) is 0 Å². The van der Waals surface area contributed by atoms with Crippen LogP contribution in [0, 0.1) is 0 Å². The highest BCUT2D eigenvalue weighted by molar-refractivity contribution is 6.30. The number of benzene rings is 2. The van der Waals surface area contributed by atoms with E-state index in [0.29, 0.717) is 11.8 Å². The fourth-order valence-electron chi connectivity index (χ4n) is 3.02. The van der Waals surface area contributed by atoms with Crippen molar-refractivity contribution in [2.45, 2.75) is 18.3 Å². The Balaban J connectivity index is 1.91. The summed E-state index contributed by atoms with van der Waals surface area (Å²) in [6.45, 7) is 2.14. The van der Waals surface area contributed by atoms with Gasteiger partial charge in [0, 0.05) is 17.5 Å². The van der Waals surface area contributed by atoms with E-state index in [1.165, 1.54) is 17.5 Å². The molecule has 2 atom stereocenters. The lowest BCUT2D eigenvalue weighted by atomic mass is 9.77. The van der Waals surface area contributed by atoms with Gasteiger partial charge in [-0.2, -0.15) is 0 Å². The summed E-state index contributed by atoms with van der Waals surface area (Å²) in [5.41, 5.74) is 2.83. The van der Waals surface area contributed by atoms with Crippen molar-refractivity contribution in [2.75, 3.05) is 13.1 Å². The van der Waals surface area contributed by atoms with Crippen molar-refractivity contribution < 1.29 is 0 Å². The van der Waals surface area contributed by atoms with E-state index in [4.69, 9.17) is 11.6 Å². The minimum absolute atomic E-state index is 0.536. The highest BCUT2D eigenvalue weighted by Crippen LogP contribution is 2.37. The Hall–Kier alpha value is -1.31. The van der Waals surface area contributed by atoms with E-state index in [0.717, 1.165) is 18.1 Å². The molecule has 1 N–H and O–H groups in total. The van der Waals surface area contributed by atoms with Crippen molar-refractivity contribution in [3.8, 4) is 0 Å². The maximum Gasteiger partial charge on any atom is 0.0406 e. The molecule has 1 aliphatic rings. The van der Waals surface area contributed by atoms with Crippen molar-refractivity contribution in [3.63, 3.8) is 0 Å². The Morgan fingerprint density at radius 1 is 0.842 bits per heavy atom. The van der Waals surface area contributed by atoms with Gasteiger partial charge in [-0.3, -0.25) is 0 Å². The van der Waals surface area contributed by atoms with Crippen LogP contribution in [0.2, 0.25) is 5.02 Å². The first-order chi connectivity index (χ1) is 9.34. The molecule has 2 aromatic rings. The van der Waals surface area contributed by atoms with Gasteiger partial charge in [-0.15, -0.1) is 0 Å². The summed E-state index contributed by atoms with van der Waals surface area (Å²) in [5.74, 6) is 1.14. The predicted octanol–water partition coefficient (Wildman–Crippen LogP) is 4.20. The van der Waals surface area contributed by atoms with Gasteiger partial charge in [0.1, 0.15) is 0 Å². The van der Waals surface area contributed by atoms with Gasteiger partial charge in [-0.25, -0.2) is 0 Å². The van der Waals surface area contributed by atoms with Crippen LogP contribution in [0.3, 0.4) is 0 Å². The topological polar surface area (TPSA) is 12.0 Å². The molecule has 98 valence electrons. The summed E-state index contributed by atoms with van der Waals surface area (Å²) in [5, 5.41) is 4.32. The van der Waals surface area contributed by atoms with E-state index in [1.54, 1.807) is 0 Å². The first-order valence-electron chi connectivity index (χ1n) is 6.86. The van der Waals surface area contributed by atoms with Gasteiger partial charge in [-0.1, -0.05) is 54.1 Å². The monoisotopic (exact) mass is 271 g/mol. The molecule has 0 radical (unpaired) electrons. The number of hydrogen-bond acceptors (Lipinski definition) is 1. The van der Waals surface area contributed by atoms with E-state index < -0.39 is 0 Å². The molecule has 0 aliphatic carbocycles. The largest absolute Gasteiger partial charge is 0.316 e. The fraction of sp³-hybridized carbons (Fsp3) is 0.294. The van der Waals surface area contributed by atoms with Crippen LogP contribution in [0.25, 0.3) is 0 Å². The van der Waals surface area contributed by atoms with Gasteiger partial charge < -0.3 is 5.32 Å². The average Bonchev–Trinajstić information content (AvgIpc) is 2.49. The van der Waals surface area contributed by atoms with E-state index in [2.05, 4.69) is 47.8 Å². The second-order valence-corrected chi connectivity index (χ2v) is 5.60. The molecule has 2 aromatic carbocycles. The minimum atomic E-state index is 0.536. The average molecular weight is 272 g/mol. The van der Waals surface area contributed by atoms with Crippen LogP contribution < -0.4 is 5.32 Å². The van der Waals surface area contributed by atoms with Crippen LogP contribution in [0.5, 0.6) is 0 Å². The van der Waals surface area contributed by atoms with E-state index in [1.807, 2.05) is 12.1 Å². The summed E-state index contributed by atoms with van der Waals surface area (Å²) < 4.78 is 0. The lowest BCUT2D eigenvalue weighted by molar-refractivity contribution is 0.404. The standard InChI is InChI=1S/C17H18ClN/c18-15-8-6-14(7-9-15)17-12-19-11-10-16(17)13-4-2-1-3-5-13/h1-9,16-17,19H,10-12H2/t16-,17-/m1/s1. The molecule has 1 saturated heterocycles. The van der Waals surface area contributed by atoms with E-state index in [9.17, 15) is 0 Å². The molecule has 0 bridgehead atoms. The molecule has 1 nitrogen and oxygen atoms in total. The summed E-state index contributed by atoms with van der Waals surface area (Å²) in [7, 11) is 0. The summed E-state index contributed by atoms with van der Waals surface area (Å²) >= 11 is 5.99. The van der Waals surface area contributed by atoms with Crippen LogP contribution in [-0.2, 0) is 0 Å². The zero-order valence-corrected chi connectivity index (χ0v) is 11.6. The van der Waals surface area contributed by atoms with Crippen LogP contribution in [0.1, 0.15) is 29.4 Å². The Morgan fingerprint density at radius 3 is 2.26 bits per heavy atom. The number of hydrogen-bond donors (Lipinski definition) is 1. The first-order valence-corrected chi connectivity index (χ1v) is 7.23. The third-order valence-electron chi connectivity index (χ3n) is 4.01. The Labute approximate surface area is 119 Å². The number of piperidine rings is 1. The number of nitrogens with one attached hydrogen (secondary N) is 1. The molecule has 1 fully saturated rings. The number of halogens is 1. The van der Waals surface area contributed by atoms with Gasteiger partial charge in [0.25, 0.3) is 0 Å². The van der Waals surface area contributed by atoms with Crippen molar-refractivity contribution in [1.82, 2.24) is 5.32 Å². The Morgan fingerprint density at radius 2 is 1.53 bits per heavy atom. The smallest absolute Gasteiger partial charge is 0.0406 e. The molecular formula is C17H18ClN. The first kappa shape index (κ1) is 12.7. The van der Waals surface area contributed by atoms with Gasteiger partial charge in [0.05, 0.1) is 0 Å². The van der Waals surface area contributed by atoms with Crippen LogP contribution >= 0.6 is 11.6 Å². The quantitative estimate of drug-likeness (QED) is 0.863. The van der Waals surface area contributed by atoms with Crippen molar-refractivity contribution >= 4 is 11.6 Å². The van der Waals surface area contributed by atoms with Gasteiger partial charge >= 0.3 is 0 Å². The van der Waals surface area contributed by atoms with Crippen molar-refractivity contribution in [3.05, 3.63) is 70.7 Å². The third kappa shape index (κ3) is 2.83. The minimum Gasteiger partial charge on any atom is -0.316 e. The maximum atomic E-state index is 5.99. The highest BCUT2D eigenvalue weighted by atomic mass is 35.5. The lowest BCUT2D eigenvalue weighted by Gasteiger charge is -2.33. The molecule has 19 heavy (non-hydrogen) atoms. The predicted molar refractivity (Wildman–Crippen MR) is 80.9 cm³/mol. The van der Waals surface area contributed by atoms with Crippen molar-refractivity contribution in [1.29, 1.82) is 0 Å². The highest BCUT2D eigenvalue weighted by Gasteiger charge is 2.27. The zero-order chi connectivity index (χ0) is 13.1. The number of rotatable bonds is 2. The summed E-state index contributed by atoms with van der Waals surface area (Å²) in [6, 6.07) is 19.2.